The molecule has 1 aromatic heterocycles. The first-order valence-corrected chi connectivity index (χ1v) is 4.95. The Kier molecular flexibility index (Phi) is 2.73. The van der Waals surface area contributed by atoms with Crippen LogP contribution in [-0.2, 0) is 12.6 Å². The van der Waals surface area contributed by atoms with Crippen LogP contribution in [0.5, 0.6) is 0 Å². The molecule has 1 aliphatic rings. The second kappa shape index (κ2) is 3.89. The van der Waals surface area contributed by atoms with Gasteiger partial charge in [0.25, 0.3) is 0 Å². The predicted octanol–water partition coefficient (Wildman–Crippen LogP) is 2.59. The van der Waals surface area contributed by atoms with Gasteiger partial charge in [0.2, 0.25) is 5.76 Å². The molecule has 0 saturated carbocycles. The van der Waals surface area contributed by atoms with Gasteiger partial charge in [0.15, 0.2) is 0 Å². The minimum atomic E-state index is -4.37. The number of furan rings is 1. The second-order valence-electron chi connectivity index (χ2n) is 3.76. The molecule has 2 rings (SSSR count). The summed E-state index contributed by atoms with van der Waals surface area (Å²) in [5.74, 6) is -0.503. The molecular formula is C10H12F3NO. The molecule has 1 aliphatic heterocycles. The Hall–Kier alpha value is -0.970. The first-order chi connectivity index (χ1) is 7.05. The molecule has 84 valence electrons. The Morgan fingerprint density at radius 3 is 2.73 bits per heavy atom. The molecule has 0 bridgehead atoms. The average Bonchev–Trinajstić information content (AvgIpc) is 2.73. The smallest absolute Gasteiger partial charge is 0.449 e. The molecule has 0 amide bonds. The van der Waals surface area contributed by atoms with E-state index in [2.05, 4.69) is 5.32 Å². The minimum absolute atomic E-state index is 0.261. The highest BCUT2D eigenvalue weighted by Gasteiger charge is 2.34. The lowest BCUT2D eigenvalue weighted by atomic mass is 10.1. The third kappa shape index (κ3) is 2.53. The van der Waals surface area contributed by atoms with Gasteiger partial charge in [-0.3, -0.25) is 0 Å². The molecule has 2 nitrogen and oxygen atoms in total. The van der Waals surface area contributed by atoms with E-state index in [4.69, 9.17) is 4.42 Å². The minimum Gasteiger partial charge on any atom is -0.456 e. The van der Waals surface area contributed by atoms with Crippen LogP contribution in [0.15, 0.2) is 16.5 Å². The van der Waals surface area contributed by atoms with Crippen molar-refractivity contribution in [3.8, 4) is 0 Å². The fourth-order valence-electron chi connectivity index (χ4n) is 1.81. The van der Waals surface area contributed by atoms with Crippen LogP contribution in [0.25, 0.3) is 0 Å². The molecule has 1 N–H and O–H groups in total. The summed E-state index contributed by atoms with van der Waals surface area (Å²) < 4.78 is 41.4. The number of rotatable bonds is 2. The molecule has 0 radical (unpaired) electrons. The van der Waals surface area contributed by atoms with Gasteiger partial charge in [0.1, 0.15) is 5.76 Å². The quantitative estimate of drug-likeness (QED) is 0.827. The van der Waals surface area contributed by atoms with Crippen LogP contribution in [-0.4, -0.2) is 12.6 Å². The lowest BCUT2D eigenvalue weighted by Crippen LogP contribution is -2.23. The van der Waals surface area contributed by atoms with E-state index in [1.165, 1.54) is 6.07 Å². The van der Waals surface area contributed by atoms with Crippen LogP contribution in [0.1, 0.15) is 24.4 Å². The van der Waals surface area contributed by atoms with Crippen molar-refractivity contribution in [2.45, 2.75) is 31.5 Å². The van der Waals surface area contributed by atoms with Crippen LogP contribution in [0.2, 0.25) is 0 Å². The zero-order valence-electron chi connectivity index (χ0n) is 8.10. The summed E-state index contributed by atoms with van der Waals surface area (Å²) in [5, 5.41) is 3.21. The summed E-state index contributed by atoms with van der Waals surface area (Å²) in [6.07, 6.45) is -1.75. The van der Waals surface area contributed by atoms with Crippen LogP contribution >= 0.6 is 0 Å². The molecule has 2 heterocycles. The van der Waals surface area contributed by atoms with Gasteiger partial charge < -0.3 is 9.73 Å². The topological polar surface area (TPSA) is 25.2 Å². The fraction of sp³-hybridized carbons (Fsp3) is 0.600. The Balaban J connectivity index is 2.00. The van der Waals surface area contributed by atoms with Gasteiger partial charge in [-0.2, -0.15) is 13.2 Å². The van der Waals surface area contributed by atoms with Gasteiger partial charge >= 0.3 is 6.18 Å². The van der Waals surface area contributed by atoms with Gasteiger partial charge in [0.05, 0.1) is 0 Å². The lowest BCUT2D eigenvalue weighted by molar-refractivity contribution is -0.153. The van der Waals surface area contributed by atoms with Crippen LogP contribution < -0.4 is 5.32 Å². The van der Waals surface area contributed by atoms with Gasteiger partial charge in [-0.05, 0) is 31.5 Å². The van der Waals surface area contributed by atoms with Crippen LogP contribution in [0.4, 0.5) is 13.2 Å². The maximum absolute atomic E-state index is 12.2. The van der Waals surface area contributed by atoms with E-state index < -0.39 is 11.9 Å². The highest BCUT2D eigenvalue weighted by Crippen LogP contribution is 2.31. The van der Waals surface area contributed by atoms with Crippen molar-refractivity contribution in [3.05, 3.63) is 23.7 Å². The molecule has 0 aliphatic carbocycles. The standard InChI is InChI=1S/C10H12F3NO/c11-10(12,13)9-4-3-8(15-9)6-7-2-1-5-14-7/h3-4,7,14H,1-2,5-6H2. The maximum atomic E-state index is 12.2. The number of nitrogens with one attached hydrogen (secondary N) is 1. The summed E-state index contributed by atoms with van der Waals surface area (Å²) >= 11 is 0. The Morgan fingerprint density at radius 2 is 2.20 bits per heavy atom. The van der Waals surface area contributed by atoms with Gasteiger partial charge in [-0.15, -0.1) is 0 Å². The van der Waals surface area contributed by atoms with Crippen molar-refractivity contribution in [2.24, 2.45) is 0 Å². The third-order valence-corrected chi connectivity index (χ3v) is 2.55. The van der Waals surface area contributed by atoms with Gasteiger partial charge in [0, 0.05) is 12.5 Å². The summed E-state index contributed by atoms with van der Waals surface area (Å²) in [5.41, 5.74) is 0. The SMILES string of the molecule is FC(F)(F)c1ccc(CC2CCCN2)o1. The molecule has 1 aromatic rings. The number of alkyl halides is 3. The highest BCUT2D eigenvalue weighted by atomic mass is 19.4. The molecule has 1 saturated heterocycles. The molecule has 1 fully saturated rings. The molecule has 15 heavy (non-hydrogen) atoms. The zero-order valence-corrected chi connectivity index (χ0v) is 8.10. The zero-order chi connectivity index (χ0) is 10.9. The van der Waals surface area contributed by atoms with E-state index >= 15 is 0 Å². The predicted molar refractivity (Wildman–Crippen MR) is 48.4 cm³/mol. The first kappa shape index (κ1) is 10.5. The summed E-state index contributed by atoms with van der Waals surface area (Å²) in [7, 11) is 0. The molecule has 5 heteroatoms. The van der Waals surface area contributed by atoms with Crippen molar-refractivity contribution in [1.29, 1.82) is 0 Å². The van der Waals surface area contributed by atoms with E-state index in [1.54, 1.807) is 0 Å². The third-order valence-electron chi connectivity index (χ3n) is 2.55. The van der Waals surface area contributed by atoms with Crippen molar-refractivity contribution in [3.63, 3.8) is 0 Å². The molecule has 0 aromatic carbocycles. The van der Waals surface area contributed by atoms with Crippen molar-refractivity contribution >= 4 is 0 Å². The Morgan fingerprint density at radius 1 is 1.40 bits per heavy atom. The number of hydrogen-bond donors (Lipinski definition) is 1. The first-order valence-electron chi connectivity index (χ1n) is 4.95. The molecule has 1 unspecified atom stereocenters. The van der Waals surface area contributed by atoms with Crippen LogP contribution in [0, 0.1) is 0 Å². The highest BCUT2D eigenvalue weighted by molar-refractivity contribution is 5.11. The lowest BCUT2D eigenvalue weighted by Gasteiger charge is -2.07. The second-order valence-corrected chi connectivity index (χ2v) is 3.76. The summed E-state index contributed by atoms with van der Waals surface area (Å²) in [4.78, 5) is 0. The maximum Gasteiger partial charge on any atom is 0.449 e. The fourth-order valence-corrected chi connectivity index (χ4v) is 1.81. The molecule has 0 spiro atoms. The number of halogens is 3. The average molecular weight is 219 g/mol. The Labute approximate surface area is 85.5 Å². The van der Waals surface area contributed by atoms with Crippen LogP contribution in [0.3, 0.4) is 0 Å². The van der Waals surface area contributed by atoms with E-state index in [9.17, 15) is 13.2 Å². The molecule has 1 atom stereocenters. The largest absolute Gasteiger partial charge is 0.456 e. The molecular weight excluding hydrogens is 207 g/mol. The number of hydrogen-bond acceptors (Lipinski definition) is 2. The van der Waals surface area contributed by atoms with E-state index in [1.807, 2.05) is 0 Å². The van der Waals surface area contributed by atoms with Gasteiger partial charge in [-0.25, -0.2) is 0 Å². The summed E-state index contributed by atoms with van der Waals surface area (Å²) in [6.45, 7) is 0.942. The Bertz CT molecular complexity index is 326. The normalized spacial score (nSPS) is 22.2. The van der Waals surface area contributed by atoms with Crippen molar-refractivity contribution < 1.29 is 17.6 Å². The van der Waals surface area contributed by atoms with E-state index in [0.717, 1.165) is 25.5 Å². The van der Waals surface area contributed by atoms with E-state index in [0.29, 0.717) is 12.2 Å². The summed E-state index contributed by atoms with van der Waals surface area (Å²) in [6, 6.07) is 2.66. The van der Waals surface area contributed by atoms with Crippen molar-refractivity contribution in [1.82, 2.24) is 5.32 Å². The van der Waals surface area contributed by atoms with Gasteiger partial charge in [-0.1, -0.05) is 0 Å². The monoisotopic (exact) mass is 219 g/mol. The van der Waals surface area contributed by atoms with Crippen molar-refractivity contribution in [2.75, 3.05) is 6.54 Å². The van der Waals surface area contributed by atoms with E-state index in [-0.39, 0.29) is 6.04 Å².